The first-order valence-electron chi connectivity index (χ1n) is 4.31. The highest BCUT2D eigenvalue weighted by Crippen LogP contribution is 2.23. The van der Waals surface area contributed by atoms with Crippen LogP contribution in [0.15, 0.2) is 16.5 Å². The van der Waals surface area contributed by atoms with Crippen LogP contribution in [0, 0.1) is 0 Å². The minimum atomic E-state index is -0.403. The predicted molar refractivity (Wildman–Crippen MR) is 46.6 cm³/mol. The zero-order chi connectivity index (χ0) is 9.97. The summed E-state index contributed by atoms with van der Waals surface area (Å²) in [4.78, 5) is 10.8. The van der Waals surface area contributed by atoms with Gasteiger partial charge in [-0.1, -0.05) is 0 Å². The highest BCUT2D eigenvalue weighted by atomic mass is 16.6. The highest BCUT2D eigenvalue weighted by molar-refractivity contribution is 5.69. The normalized spacial score (nSPS) is 20.6. The number of alkyl carbamates (subject to hydrolysis) is 1. The molecule has 0 bridgehead atoms. The molecule has 14 heavy (non-hydrogen) atoms. The zero-order valence-electron chi connectivity index (χ0n) is 7.78. The van der Waals surface area contributed by atoms with Gasteiger partial charge in [0, 0.05) is 7.11 Å². The van der Waals surface area contributed by atoms with Crippen molar-refractivity contribution >= 4 is 6.09 Å². The Hall–Kier alpha value is -1.49. The van der Waals surface area contributed by atoms with Crippen LogP contribution >= 0.6 is 0 Å². The number of hydrogen-bond donors (Lipinski definition) is 1. The second kappa shape index (κ2) is 3.71. The van der Waals surface area contributed by atoms with Gasteiger partial charge in [-0.15, -0.1) is 0 Å². The summed E-state index contributed by atoms with van der Waals surface area (Å²) in [5, 5.41) is 2.56. The minimum Gasteiger partial charge on any atom is -0.460 e. The van der Waals surface area contributed by atoms with Gasteiger partial charge in [0.1, 0.15) is 18.1 Å². The van der Waals surface area contributed by atoms with Crippen LogP contribution in [-0.2, 0) is 16.1 Å². The lowest BCUT2D eigenvalue weighted by Crippen LogP contribution is -2.12. The Balaban J connectivity index is 2.05. The van der Waals surface area contributed by atoms with Crippen LogP contribution in [0.3, 0.4) is 0 Å². The molecule has 1 atom stereocenters. The molecule has 5 heteroatoms. The summed E-state index contributed by atoms with van der Waals surface area (Å²) >= 11 is 0. The highest BCUT2D eigenvalue weighted by Gasteiger charge is 2.26. The van der Waals surface area contributed by atoms with Gasteiger partial charge in [-0.05, 0) is 12.1 Å². The second-order valence-corrected chi connectivity index (χ2v) is 3.01. The van der Waals surface area contributed by atoms with E-state index in [4.69, 9.17) is 13.9 Å². The smallest absolute Gasteiger partial charge is 0.408 e. The minimum absolute atomic E-state index is 0.312. The summed E-state index contributed by atoms with van der Waals surface area (Å²) in [5.41, 5.74) is 0. The van der Waals surface area contributed by atoms with Gasteiger partial charge in [0.15, 0.2) is 6.10 Å². The SMILES string of the molecule is COCc1ccc(C2CNC(=O)O2)o1. The lowest BCUT2D eigenvalue weighted by molar-refractivity contribution is 0.121. The summed E-state index contributed by atoms with van der Waals surface area (Å²) in [6, 6.07) is 3.60. The Bertz CT molecular complexity index is 333. The maximum absolute atomic E-state index is 10.8. The molecule has 1 saturated heterocycles. The van der Waals surface area contributed by atoms with E-state index < -0.39 is 6.09 Å². The Kier molecular flexibility index (Phi) is 2.41. The quantitative estimate of drug-likeness (QED) is 0.791. The number of rotatable bonds is 3. The van der Waals surface area contributed by atoms with Crippen molar-refractivity contribution in [2.24, 2.45) is 0 Å². The summed E-state index contributed by atoms with van der Waals surface area (Å²) < 4.78 is 15.3. The van der Waals surface area contributed by atoms with Crippen molar-refractivity contribution in [2.45, 2.75) is 12.7 Å². The topological polar surface area (TPSA) is 60.7 Å². The molecule has 76 valence electrons. The summed E-state index contributed by atoms with van der Waals surface area (Å²) in [5.74, 6) is 1.38. The molecule has 0 aromatic carbocycles. The lowest BCUT2D eigenvalue weighted by atomic mass is 10.3. The largest absolute Gasteiger partial charge is 0.460 e. The molecule has 1 aromatic rings. The Morgan fingerprint density at radius 2 is 2.50 bits per heavy atom. The van der Waals surface area contributed by atoms with Gasteiger partial charge in [-0.2, -0.15) is 0 Å². The Morgan fingerprint density at radius 3 is 3.14 bits per heavy atom. The van der Waals surface area contributed by atoms with E-state index >= 15 is 0 Å². The number of amides is 1. The number of carbonyl (C=O) groups is 1. The molecule has 1 amide bonds. The van der Waals surface area contributed by atoms with Gasteiger partial charge in [-0.3, -0.25) is 0 Å². The summed E-state index contributed by atoms with van der Waals surface area (Å²) in [6.07, 6.45) is -0.715. The van der Waals surface area contributed by atoms with E-state index in [2.05, 4.69) is 5.32 Å². The van der Waals surface area contributed by atoms with Crippen molar-refractivity contribution in [3.05, 3.63) is 23.7 Å². The zero-order valence-corrected chi connectivity index (χ0v) is 7.78. The van der Waals surface area contributed by atoms with E-state index in [1.165, 1.54) is 0 Å². The monoisotopic (exact) mass is 197 g/mol. The van der Waals surface area contributed by atoms with Crippen LogP contribution < -0.4 is 5.32 Å². The molecule has 0 spiro atoms. The van der Waals surface area contributed by atoms with Crippen molar-refractivity contribution in [2.75, 3.05) is 13.7 Å². The fraction of sp³-hybridized carbons (Fsp3) is 0.444. The number of ether oxygens (including phenoxy) is 2. The van der Waals surface area contributed by atoms with Crippen LogP contribution in [-0.4, -0.2) is 19.7 Å². The molecule has 0 radical (unpaired) electrons. The fourth-order valence-corrected chi connectivity index (χ4v) is 1.33. The van der Waals surface area contributed by atoms with E-state index in [9.17, 15) is 4.79 Å². The van der Waals surface area contributed by atoms with Gasteiger partial charge in [0.05, 0.1) is 6.54 Å². The van der Waals surface area contributed by atoms with Crippen LogP contribution in [0.2, 0.25) is 0 Å². The lowest BCUT2D eigenvalue weighted by Gasteiger charge is -2.02. The maximum atomic E-state index is 10.8. The molecule has 0 saturated carbocycles. The second-order valence-electron chi connectivity index (χ2n) is 3.01. The average Bonchev–Trinajstić information content (AvgIpc) is 2.74. The molecule has 2 heterocycles. The van der Waals surface area contributed by atoms with Gasteiger partial charge >= 0.3 is 6.09 Å². The number of hydrogen-bond acceptors (Lipinski definition) is 4. The molecule has 1 unspecified atom stereocenters. The first-order valence-corrected chi connectivity index (χ1v) is 4.31. The van der Waals surface area contributed by atoms with E-state index in [1.54, 1.807) is 13.2 Å². The summed E-state index contributed by atoms with van der Waals surface area (Å²) in [6.45, 7) is 0.882. The van der Waals surface area contributed by atoms with Crippen molar-refractivity contribution in [3.8, 4) is 0 Å². The number of carbonyl (C=O) groups excluding carboxylic acids is 1. The predicted octanol–water partition coefficient (Wildman–Crippen LogP) is 1.21. The van der Waals surface area contributed by atoms with Crippen molar-refractivity contribution in [3.63, 3.8) is 0 Å². The third-order valence-corrected chi connectivity index (χ3v) is 1.97. The molecule has 0 aliphatic carbocycles. The molecule has 1 fully saturated rings. The van der Waals surface area contributed by atoms with E-state index in [1.807, 2.05) is 6.07 Å². The standard InChI is InChI=1S/C9H11NO4/c1-12-5-6-2-3-7(13-6)8-4-10-9(11)14-8/h2-3,8H,4-5H2,1H3,(H,10,11). The molecule has 2 rings (SSSR count). The Morgan fingerprint density at radius 1 is 1.64 bits per heavy atom. The van der Waals surface area contributed by atoms with Crippen LogP contribution in [0.25, 0.3) is 0 Å². The van der Waals surface area contributed by atoms with Crippen molar-refractivity contribution in [1.29, 1.82) is 0 Å². The van der Waals surface area contributed by atoms with Crippen LogP contribution in [0.1, 0.15) is 17.6 Å². The van der Waals surface area contributed by atoms with Gasteiger partial charge in [-0.25, -0.2) is 4.79 Å². The van der Waals surface area contributed by atoms with Crippen molar-refractivity contribution in [1.82, 2.24) is 5.32 Å². The third-order valence-electron chi connectivity index (χ3n) is 1.97. The van der Waals surface area contributed by atoms with Gasteiger partial charge in [0.25, 0.3) is 0 Å². The van der Waals surface area contributed by atoms with E-state index in [0.29, 0.717) is 18.9 Å². The number of methoxy groups -OCH3 is 1. The number of nitrogens with one attached hydrogen (secondary N) is 1. The molecule has 1 N–H and O–H groups in total. The average molecular weight is 197 g/mol. The van der Waals surface area contributed by atoms with Crippen LogP contribution in [0.4, 0.5) is 4.79 Å². The molecule has 5 nitrogen and oxygen atoms in total. The number of cyclic esters (lactones) is 1. The van der Waals surface area contributed by atoms with Gasteiger partial charge in [0.2, 0.25) is 0 Å². The Labute approximate surface area is 81.0 Å². The van der Waals surface area contributed by atoms with Gasteiger partial charge < -0.3 is 19.2 Å². The third kappa shape index (κ3) is 1.72. The fourth-order valence-electron chi connectivity index (χ4n) is 1.33. The number of furan rings is 1. The molecular weight excluding hydrogens is 186 g/mol. The van der Waals surface area contributed by atoms with Crippen molar-refractivity contribution < 1.29 is 18.7 Å². The van der Waals surface area contributed by atoms with Crippen LogP contribution in [0.5, 0.6) is 0 Å². The molecular formula is C9H11NO4. The summed E-state index contributed by atoms with van der Waals surface area (Å²) in [7, 11) is 1.60. The first kappa shape index (κ1) is 9.08. The molecule has 1 aliphatic heterocycles. The molecule has 1 aromatic heterocycles. The van der Waals surface area contributed by atoms with E-state index in [-0.39, 0.29) is 6.10 Å². The first-order chi connectivity index (χ1) is 6.79. The maximum Gasteiger partial charge on any atom is 0.408 e. The van der Waals surface area contributed by atoms with E-state index in [0.717, 1.165) is 5.76 Å². The molecule has 1 aliphatic rings.